The Morgan fingerprint density at radius 3 is 2.78 bits per heavy atom. The molecule has 0 radical (unpaired) electrons. The molecule has 1 aromatic rings. The standard InChI is InChI=1S/C14H23NO2S/c1-14(2,3)7-4-5-13(17)15-9-12(16)11-6-8-18-10-11/h6,8,10,12,16H,4-5,7,9H2,1-3H3,(H,15,17). The Hall–Kier alpha value is -0.870. The number of aliphatic hydroxyl groups is 1. The predicted octanol–water partition coefficient (Wildman–Crippen LogP) is 3.11. The summed E-state index contributed by atoms with van der Waals surface area (Å²) < 4.78 is 0. The van der Waals surface area contributed by atoms with Crippen molar-refractivity contribution in [3.05, 3.63) is 22.4 Å². The van der Waals surface area contributed by atoms with E-state index in [-0.39, 0.29) is 11.3 Å². The summed E-state index contributed by atoms with van der Waals surface area (Å²) in [6.45, 7) is 6.81. The Labute approximate surface area is 113 Å². The first kappa shape index (κ1) is 15.2. The lowest BCUT2D eigenvalue weighted by molar-refractivity contribution is -0.121. The number of amides is 1. The molecule has 1 unspecified atom stereocenters. The highest BCUT2D eigenvalue weighted by molar-refractivity contribution is 7.07. The van der Waals surface area contributed by atoms with E-state index in [2.05, 4.69) is 26.1 Å². The van der Waals surface area contributed by atoms with Crippen LogP contribution in [-0.2, 0) is 4.79 Å². The van der Waals surface area contributed by atoms with Crippen molar-refractivity contribution >= 4 is 17.2 Å². The van der Waals surface area contributed by atoms with Crippen molar-refractivity contribution in [1.82, 2.24) is 5.32 Å². The van der Waals surface area contributed by atoms with Crippen LogP contribution >= 0.6 is 11.3 Å². The molecule has 3 nitrogen and oxygen atoms in total. The van der Waals surface area contributed by atoms with Gasteiger partial charge in [0.2, 0.25) is 5.91 Å². The average molecular weight is 269 g/mol. The van der Waals surface area contributed by atoms with E-state index in [0.717, 1.165) is 18.4 Å². The Kier molecular flexibility index (Phi) is 5.82. The van der Waals surface area contributed by atoms with Gasteiger partial charge in [0.25, 0.3) is 0 Å². The van der Waals surface area contributed by atoms with Crippen LogP contribution in [0.15, 0.2) is 16.8 Å². The molecule has 4 heteroatoms. The van der Waals surface area contributed by atoms with Gasteiger partial charge in [-0.1, -0.05) is 20.8 Å². The molecular formula is C14H23NO2S. The van der Waals surface area contributed by atoms with Crippen LogP contribution in [0.1, 0.15) is 51.7 Å². The van der Waals surface area contributed by atoms with Gasteiger partial charge in [-0.25, -0.2) is 0 Å². The Bertz CT molecular complexity index is 354. The van der Waals surface area contributed by atoms with Crippen LogP contribution in [0.25, 0.3) is 0 Å². The fourth-order valence-corrected chi connectivity index (χ4v) is 2.37. The topological polar surface area (TPSA) is 49.3 Å². The highest BCUT2D eigenvalue weighted by Crippen LogP contribution is 2.21. The van der Waals surface area contributed by atoms with E-state index >= 15 is 0 Å². The van der Waals surface area contributed by atoms with Crippen molar-refractivity contribution in [1.29, 1.82) is 0 Å². The van der Waals surface area contributed by atoms with E-state index in [0.29, 0.717) is 13.0 Å². The van der Waals surface area contributed by atoms with Gasteiger partial charge in [0, 0.05) is 13.0 Å². The van der Waals surface area contributed by atoms with E-state index in [1.807, 2.05) is 16.8 Å². The van der Waals surface area contributed by atoms with E-state index in [9.17, 15) is 9.90 Å². The second-order valence-corrected chi connectivity index (χ2v) is 6.57. The summed E-state index contributed by atoms with van der Waals surface area (Å²) in [5, 5.41) is 16.4. The molecule has 2 N–H and O–H groups in total. The van der Waals surface area contributed by atoms with Gasteiger partial charge in [0.05, 0.1) is 6.10 Å². The number of carbonyl (C=O) groups is 1. The molecule has 1 aromatic heterocycles. The zero-order valence-electron chi connectivity index (χ0n) is 11.4. The van der Waals surface area contributed by atoms with Crippen LogP contribution in [0.3, 0.4) is 0 Å². The van der Waals surface area contributed by atoms with Gasteiger partial charge in [-0.05, 0) is 40.6 Å². The third kappa shape index (κ3) is 6.17. The molecule has 1 atom stereocenters. The molecule has 0 bridgehead atoms. The fourth-order valence-electron chi connectivity index (χ4n) is 1.66. The summed E-state index contributed by atoms with van der Waals surface area (Å²) in [4.78, 5) is 11.6. The molecule has 0 aliphatic heterocycles. The highest BCUT2D eigenvalue weighted by atomic mass is 32.1. The van der Waals surface area contributed by atoms with Crippen LogP contribution in [0, 0.1) is 5.41 Å². The average Bonchev–Trinajstić information content (AvgIpc) is 2.77. The van der Waals surface area contributed by atoms with Crippen molar-refractivity contribution in [3.63, 3.8) is 0 Å². The molecule has 1 heterocycles. The van der Waals surface area contributed by atoms with E-state index in [4.69, 9.17) is 0 Å². The largest absolute Gasteiger partial charge is 0.387 e. The van der Waals surface area contributed by atoms with Crippen LogP contribution in [-0.4, -0.2) is 17.6 Å². The second-order valence-electron chi connectivity index (χ2n) is 5.79. The van der Waals surface area contributed by atoms with Crippen LogP contribution in [0.2, 0.25) is 0 Å². The normalized spacial score (nSPS) is 13.3. The van der Waals surface area contributed by atoms with Gasteiger partial charge in [-0.2, -0.15) is 11.3 Å². The molecule has 18 heavy (non-hydrogen) atoms. The summed E-state index contributed by atoms with van der Waals surface area (Å²) in [7, 11) is 0. The highest BCUT2D eigenvalue weighted by Gasteiger charge is 2.12. The van der Waals surface area contributed by atoms with Gasteiger partial charge in [0.1, 0.15) is 0 Å². The van der Waals surface area contributed by atoms with Gasteiger partial charge >= 0.3 is 0 Å². The van der Waals surface area contributed by atoms with Crippen molar-refractivity contribution in [3.8, 4) is 0 Å². The zero-order chi connectivity index (χ0) is 13.6. The van der Waals surface area contributed by atoms with E-state index in [1.54, 1.807) is 11.3 Å². The quantitative estimate of drug-likeness (QED) is 0.833. The first-order valence-corrected chi connectivity index (χ1v) is 7.29. The molecule has 0 saturated heterocycles. The zero-order valence-corrected chi connectivity index (χ0v) is 12.2. The maximum absolute atomic E-state index is 11.6. The number of rotatable bonds is 6. The monoisotopic (exact) mass is 269 g/mol. The van der Waals surface area contributed by atoms with Crippen molar-refractivity contribution in [2.24, 2.45) is 5.41 Å². The maximum Gasteiger partial charge on any atom is 0.220 e. The lowest BCUT2D eigenvalue weighted by Gasteiger charge is -2.17. The second kappa shape index (κ2) is 6.90. The van der Waals surface area contributed by atoms with Crippen molar-refractivity contribution in [2.45, 2.75) is 46.1 Å². The first-order chi connectivity index (χ1) is 8.38. The molecule has 0 aliphatic rings. The molecule has 1 rings (SSSR count). The predicted molar refractivity (Wildman–Crippen MR) is 75.6 cm³/mol. The smallest absolute Gasteiger partial charge is 0.220 e. The summed E-state index contributed by atoms with van der Waals surface area (Å²) in [5.74, 6) is 0.0218. The number of aliphatic hydroxyl groups excluding tert-OH is 1. The number of nitrogens with one attached hydrogen (secondary N) is 1. The first-order valence-electron chi connectivity index (χ1n) is 6.35. The number of hydrogen-bond acceptors (Lipinski definition) is 3. The molecule has 0 saturated carbocycles. The SMILES string of the molecule is CC(C)(C)CCCC(=O)NCC(O)c1ccsc1. The maximum atomic E-state index is 11.6. The summed E-state index contributed by atoms with van der Waals surface area (Å²) in [5.41, 5.74) is 1.14. The number of hydrogen-bond donors (Lipinski definition) is 2. The number of thiophene rings is 1. The van der Waals surface area contributed by atoms with Crippen molar-refractivity contribution < 1.29 is 9.90 Å². The van der Waals surface area contributed by atoms with Crippen molar-refractivity contribution in [2.75, 3.05) is 6.54 Å². The minimum Gasteiger partial charge on any atom is -0.387 e. The third-order valence-electron chi connectivity index (χ3n) is 2.75. The number of carbonyl (C=O) groups excluding carboxylic acids is 1. The Balaban J connectivity index is 2.17. The van der Waals surface area contributed by atoms with Gasteiger partial charge in [-0.15, -0.1) is 0 Å². The summed E-state index contributed by atoms with van der Waals surface area (Å²) >= 11 is 1.55. The van der Waals surface area contributed by atoms with E-state index < -0.39 is 6.10 Å². The minimum atomic E-state index is -0.595. The molecule has 0 aliphatic carbocycles. The van der Waals surface area contributed by atoms with Gasteiger partial charge in [0.15, 0.2) is 0 Å². The summed E-state index contributed by atoms with van der Waals surface area (Å²) in [6, 6.07) is 1.88. The van der Waals surface area contributed by atoms with Gasteiger partial charge < -0.3 is 10.4 Å². The van der Waals surface area contributed by atoms with Crippen LogP contribution in [0.4, 0.5) is 0 Å². The molecule has 0 aromatic carbocycles. The van der Waals surface area contributed by atoms with Gasteiger partial charge in [-0.3, -0.25) is 4.79 Å². The lowest BCUT2D eigenvalue weighted by atomic mass is 9.90. The molecule has 0 spiro atoms. The lowest BCUT2D eigenvalue weighted by Crippen LogP contribution is -2.28. The van der Waals surface area contributed by atoms with Crippen LogP contribution in [0.5, 0.6) is 0 Å². The van der Waals surface area contributed by atoms with Crippen LogP contribution < -0.4 is 5.32 Å². The molecule has 1 amide bonds. The molecular weight excluding hydrogens is 246 g/mol. The fraction of sp³-hybridized carbons (Fsp3) is 0.643. The Morgan fingerprint density at radius 1 is 1.50 bits per heavy atom. The molecule has 0 fully saturated rings. The molecule has 102 valence electrons. The third-order valence-corrected chi connectivity index (χ3v) is 3.45. The minimum absolute atomic E-state index is 0.0218. The van der Waals surface area contributed by atoms with E-state index in [1.165, 1.54) is 0 Å². The summed E-state index contributed by atoms with van der Waals surface area (Å²) in [6.07, 6.45) is 1.87. The Morgan fingerprint density at radius 2 is 2.22 bits per heavy atom.